The van der Waals surface area contributed by atoms with Gasteiger partial charge >= 0.3 is 5.97 Å². The number of nitrogens with zero attached hydrogens (tertiary/aromatic N) is 1. The van der Waals surface area contributed by atoms with Crippen LogP contribution in [0.4, 0.5) is 0 Å². The van der Waals surface area contributed by atoms with Crippen molar-refractivity contribution in [2.45, 2.75) is 37.9 Å². The molecule has 2 saturated heterocycles. The average molecular weight is 273 g/mol. The van der Waals surface area contributed by atoms with Gasteiger partial charge in [0.1, 0.15) is 11.7 Å². The molecule has 0 aliphatic carbocycles. The Morgan fingerprint density at radius 3 is 2.75 bits per heavy atom. The van der Waals surface area contributed by atoms with Crippen LogP contribution in [0, 0.1) is 5.92 Å². The van der Waals surface area contributed by atoms with Crippen molar-refractivity contribution in [1.82, 2.24) is 4.90 Å². The van der Waals surface area contributed by atoms with Crippen LogP contribution in [-0.4, -0.2) is 35.8 Å². The molecule has 0 unspecified atom stereocenters. The molecule has 3 rings (SSSR count). The van der Waals surface area contributed by atoms with E-state index in [1.807, 2.05) is 18.2 Å². The first-order chi connectivity index (χ1) is 9.70. The Morgan fingerprint density at radius 2 is 2.05 bits per heavy atom. The zero-order chi connectivity index (χ0) is 14.1. The molecular weight excluding hydrogens is 254 g/mol. The maximum Gasteiger partial charge on any atom is 0.317 e. The van der Waals surface area contributed by atoms with Gasteiger partial charge in [0.15, 0.2) is 0 Å². The zero-order valence-corrected chi connectivity index (χ0v) is 11.6. The Balaban J connectivity index is 1.82. The van der Waals surface area contributed by atoms with Crippen LogP contribution in [0.1, 0.15) is 24.8 Å². The first-order valence-corrected chi connectivity index (χ1v) is 7.11. The monoisotopic (exact) mass is 273 g/mol. The Kier molecular flexibility index (Phi) is 3.57. The van der Waals surface area contributed by atoms with E-state index in [2.05, 4.69) is 17.0 Å². The predicted molar refractivity (Wildman–Crippen MR) is 73.9 cm³/mol. The number of Topliss-reactive ketones (excluding diaryl/α,β-unsaturated/α-hetero) is 1. The third-order valence-electron chi connectivity index (χ3n) is 4.52. The number of methoxy groups -OCH3 is 1. The molecule has 2 fully saturated rings. The molecule has 4 nitrogen and oxygen atoms in total. The Bertz CT molecular complexity index is 514. The van der Waals surface area contributed by atoms with Crippen molar-refractivity contribution in [1.29, 1.82) is 0 Å². The molecule has 1 aromatic carbocycles. The normalized spacial score (nSPS) is 29.4. The van der Waals surface area contributed by atoms with Gasteiger partial charge in [0, 0.05) is 25.0 Å². The van der Waals surface area contributed by atoms with Crippen LogP contribution in [0.3, 0.4) is 0 Å². The third kappa shape index (κ3) is 2.24. The van der Waals surface area contributed by atoms with Crippen molar-refractivity contribution >= 4 is 11.8 Å². The third-order valence-corrected chi connectivity index (χ3v) is 4.52. The maximum absolute atomic E-state index is 12.1. The highest BCUT2D eigenvalue weighted by Crippen LogP contribution is 2.38. The molecule has 1 aromatic rings. The summed E-state index contributed by atoms with van der Waals surface area (Å²) in [6, 6.07) is 10.5. The van der Waals surface area contributed by atoms with Crippen molar-refractivity contribution in [2.75, 3.05) is 7.11 Å². The smallest absolute Gasteiger partial charge is 0.317 e. The van der Waals surface area contributed by atoms with Crippen LogP contribution >= 0.6 is 0 Å². The summed E-state index contributed by atoms with van der Waals surface area (Å²) in [4.78, 5) is 26.3. The number of ether oxygens (including phenoxy) is 1. The van der Waals surface area contributed by atoms with E-state index >= 15 is 0 Å². The molecule has 2 aliphatic heterocycles. The zero-order valence-electron chi connectivity index (χ0n) is 11.6. The van der Waals surface area contributed by atoms with E-state index in [1.165, 1.54) is 12.7 Å². The number of hydrogen-bond acceptors (Lipinski definition) is 4. The highest BCUT2D eigenvalue weighted by Gasteiger charge is 2.50. The summed E-state index contributed by atoms with van der Waals surface area (Å²) in [5.41, 5.74) is 1.22. The predicted octanol–water partition coefficient (Wildman–Crippen LogP) is 1.78. The van der Waals surface area contributed by atoms with Crippen LogP contribution in [0.25, 0.3) is 0 Å². The van der Waals surface area contributed by atoms with E-state index in [-0.39, 0.29) is 23.8 Å². The Labute approximate surface area is 118 Å². The average Bonchev–Trinajstić information content (AvgIpc) is 2.74. The van der Waals surface area contributed by atoms with E-state index < -0.39 is 5.92 Å². The lowest BCUT2D eigenvalue weighted by Crippen LogP contribution is -2.51. The van der Waals surface area contributed by atoms with Crippen molar-refractivity contribution in [3.8, 4) is 0 Å². The minimum absolute atomic E-state index is 0.00825. The summed E-state index contributed by atoms with van der Waals surface area (Å²) >= 11 is 0. The number of piperidine rings is 1. The summed E-state index contributed by atoms with van der Waals surface area (Å²) < 4.78 is 4.82. The highest BCUT2D eigenvalue weighted by atomic mass is 16.5. The largest absolute Gasteiger partial charge is 0.468 e. The molecule has 4 heteroatoms. The quantitative estimate of drug-likeness (QED) is 0.622. The lowest BCUT2D eigenvalue weighted by atomic mass is 9.88. The molecule has 0 spiro atoms. The summed E-state index contributed by atoms with van der Waals surface area (Å²) in [7, 11) is 1.36. The first-order valence-electron chi connectivity index (χ1n) is 7.11. The van der Waals surface area contributed by atoms with Crippen LogP contribution in [0.2, 0.25) is 0 Å². The van der Waals surface area contributed by atoms with E-state index in [4.69, 9.17) is 4.74 Å². The summed E-state index contributed by atoms with van der Waals surface area (Å²) in [5, 5.41) is 0. The van der Waals surface area contributed by atoms with Crippen molar-refractivity contribution in [2.24, 2.45) is 5.92 Å². The Hall–Kier alpha value is -1.68. The minimum Gasteiger partial charge on any atom is -0.468 e. The fourth-order valence-electron chi connectivity index (χ4n) is 3.57. The number of rotatable bonds is 3. The molecule has 0 radical (unpaired) electrons. The molecule has 0 saturated carbocycles. The number of fused-ring (bicyclic) bond motifs is 2. The molecular formula is C16H19NO3. The fraction of sp³-hybridized carbons (Fsp3) is 0.500. The topological polar surface area (TPSA) is 46.6 Å². The summed E-state index contributed by atoms with van der Waals surface area (Å²) in [5.74, 6) is -0.922. The lowest BCUT2D eigenvalue weighted by Gasteiger charge is -2.37. The highest BCUT2D eigenvalue weighted by molar-refractivity contribution is 6.00. The number of esters is 1. The van der Waals surface area contributed by atoms with Crippen molar-refractivity contribution in [3.63, 3.8) is 0 Å². The van der Waals surface area contributed by atoms with E-state index in [0.717, 1.165) is 19.4 Å². The van der Waals surface area contributed by atoms with E-state index in [9.17, 15) is 9.59 Å². The SMILES string of the molecule is COC(=O)[C@@H]1C(=O)C[C@H]2CC[C@@H]1N2Cc1ccccc1. The molecule has 0 amide bonds. The standard InChI is InChI=1S/C16H19NO3/c1-20-16(19)15-13-8-7-12(9-14(15)18)17(13)10-11-5-3-2-4-6-11/h2-6,12-13,15H,7-10H2,1H3/t12-,13+,15+/m1/s1. The van der Waals surface area contributed by atoms with Gasteiger partial charge in [0.25, 0.3) is 0 Å². The summed E-state index contributed by atoms with van der Waals surface area (Å²) in [6.07, 6.45) is 2.38. The number of carbonyl (C=O) groups excluding carboxylic acids is 2. The molecule has 0 N–H and O–H groups in total. The van der Waals surface area contributed by atoms with Crippen molar-refractivity contribution in [3.05, 3.63) is 35.9 Å². The van der Waals surface area contributed by atoms with Gasteiger partial charge in [-0.05, 0) is 18.4 Å². The molecule has 2 heterocycles. The van der Waals surface area contributed by atoms with Crippen LogP contribution in [0.15, 0.2) is 30.3 Å². The maximum atomic E-state index is 12.1. The summed E-state index contributed by atoms with van der Waals surface area (Å²) in [6.45, 7) is 0.803. The molecule has 0 aromatic heterocycles. The second kappa shape index (κ2) is 5.37. The Morgan fingerprint density at radius 1 is 1.30 bits per heavy atom. The number of carbonyl (C=O) groups is 2. The minimum atomic E-state index is -0.595. The van der Waals surface area contributed by atoms with E-state index in [1.54, 1.807) is 0 Å². The van der Waals surface area contributed by atoms with E-state index in [0.29, 0.717) is 6.42 Å². The number of ketones is 1. The molecule has 2 bridgehead atoms. The molecule has 3 atom stereocenters. The van der Waals surface area contributed by atoms with Crippen LogP contribution in [0.5, 0.6) is 0 Å². The molecule has 2 aliphatic rings. The first kappa shape index (κ1) is 13.3. The van der Waals surface area contributed by atoms with Gasteiger partial charge in [-0.3, -0.25) is 14.5 Å². The van der Waals surface area contributed by atoms with Crippen molar-refractivity contribution < 1.29 is 14.3 Å². The van der Waals surface area contributed by atoms with Gasteiger partial charge in [0.05, 0.1) is 7.11 Å². The molecule has 20 heavy (non-hydrogen) atoms. The number of benzene rings is 1. The molecule has 106 valence electrons. The van der Waals surface area contributed by atoms with Crippen LogP contribution in [-0.2, 0) is 20.9 Å². The van der Waals surface area contributed by atoms with Gasteiger partial charge in [0.2, 0.25) is 0 Å². The second-order valence-electron chi connectivity index (χ2n) is 5.63. The van der Waals surface area contributed by atoms with Gasteiger partial charge in [-0.15, -0.1) is 0 Å². The van der Waals surface area contributed by atoms with Gasteiger partial charge in [-0.1, -0.05) is 30.3 Å². The lowest BCUT2D eigenvalue weighted by molar-refractivity contribution is -0.154. The van der Waals surface area contributed by atoms with Crippen LogP contribution < -0.4 is 0 Å². The van der Waals surface area contributed by atoms with Gasteiger partial charge < -0.3 is 4.74 Å². The van der Waals surface area contributed by atoms with Gasteiger partial charge in [-0.25, -0.2) is 0 Å². The second-order valence-corrected chi connectivity index (χ2v) is 5.63. The fourth-order valence-corrected chi connectivity index (χ4v) is 3.57. The van der Waals surface area contributed by atoms with Gasteiger partial charge in [-0.2, -0.15) is 0 Å². The number of hydrogen-bond donors (Lipinski definition) is 0.